The van der Waals surface area contributed by atoms with E-state index in [0.717, 1.165) is 0 Å². The second-order valence-electron chi connectivity index (χ2n) is 5.41. The number of aromatic nitrogens is 1. The van der Waals surface area contributed by atoms with Gasteiger partial charge in [0.1, 0.15) is 5.82 Å². The molecule has 20 heavy (non-hydrogen) atoms. The van der Waals surface area contributed by atoms with Crippen LogP contribution in [-0.4, -0.2) is 23.0 Å². The molecule has 0 fully saturated rings. The first-order valence-corrected chi connectivity index (χ1v) is 6.16. The maximum absolute atomic E-state index is 13.2. The summed E-state index contributed by atoms with van der Waals surface area (Å²) >= 11 is 0. The molecule has 4 N–H and O–H groups in total. The zero-order chi connectivity index (χ0) is 14.9. The third-order valence-corrected chi connectivity index (χ3v) is 2.75. The van der Waals surface area contributed by atoms with Crippen LogP contribution in [0.25, 0.3) is 10.9 Å². The number of fused-ring (bicyclic) bond motifs is 1. The van der Waals surface area contributed by atoms with Gasteiger partial charge in [0.2, 0.25) is 5.56 Å². The van der Waals surface area contributed by atoms with E-state index in [0.29, 0.717) is 5.39 Å². The van der Waals surface area contributed by atoms with Crippen LogP contribution in [-0.2, 0) is 0 Å². The normalized spacial score (nSPS) is 11.6. The van der Waals surface area contributed by atoms with Crippen molar-refractivity contribution in [2.45, 2.75) is 19.4 Å². The lowest BCUT2D eigenvalue weighted by molar-refractivity contribution is 0.0947. The minimum absolute atomic E-state index is 0.202. The lowest BCUT2D eigenvalue weighted by atomic mass is 10.1. The quantitative estimate of drug-likeness (QED) is 0.786. The van der Waals surface area contributed by atoms with Crippen LogP contribution in [0.3, 0.4) is 0 Å². The van der Waals surface area contributed by atoms with Crippen molar-refractivity contribution >= 4 is 16.8 Å². The van der Waals surface area contributed by atoms with Crippen molar-refractivity contribution in [2.75, 3.05) is 6.54 Å². The molecule has 0 aliphatic heterocycles. The lowest BCUT2D eigenvalue weighted by Crippen LogP contribution is -2.45. The average molecular weight is 277 g/mol. The molecule has 1 amide bonds. The molecule has 0 aliphatic rings. The van der Waals surface area contributed by atoms with Gasteiger partial charge < -0.3 is 16.0 Å². The van der Waals surface area contributed by atoms with Gasteiger partial charge in [0.15, 0.2) is 0 Å². The summed E-state index contributed by atoms with van der Waals surface area (Å²) in [5.41, 5.74) is 5.27. The Morgan fingerprint density at radius 1 is 1.40 bits per heavy atom. The molecule has 0 saturated carbocycles. The number of hydrogen-bond acceptors (Lipinski definition) is 3. The molecular weight excluding hydrogens is 261 g/mol. The molecule has 2 aromatic rings. The number of H-pyrrole nitrogens is 1. The third kappa shape index (κ3) is 3.21. The molecule has 6 heteroatoms. The fourth-order valence-corrected chi connectivity index (χ4v) is 1.82. The van der Waals surface area contributed by atoms with Crippen LogP contribution >= 0.6 is 0 Å². The molecule has 1 heterocycles. The van der Waals surface area contributed by atoms with Gasteiger partial charge >= 0.3 is 0 Å². The van der Waals surface area contributed by atoms with Gasteiger partial charge in [-0.05, 0) is 32.0 Å². The Balaban J connectivity index is 2.43. The summed E-state index contributed by atoms with van der Waals surface area (Å²) in [7, 11) is 0. The maximum atomic E-state index is 13.2. The van der Waals surface area contributed by atoms with Gasteiger partial charge in [-0.3, -0.25) is 9.59 Å². The van der Waals surface area contributed by atoms with E-state index in [1.807, 2.05) is 0 Å². The van der Waals surface area contributed by atoms with Crippen molar-refractivity contribution in [1.82, 2.24) is 10.3 Å². The van der Waals surface area contributed by atoms with E-state index < -0.39 is 22.8 Å². The number of hydrogen-bond donors (Lipinski definition) is 3. The molecule has 0 atom stereocenters. The lowest BCUT2D eigenvalue weighted by Gasteiger charge is -2.19. The number of nitrogens with one attached hydrogen (secondary N) is 2. The van der Waals surface area contributed by atoms with Crippen LogP contribution < -0.4 is 16.6 Å². The van der Waals surface area contributed by atoms with Crippen LogP contribution in [0.2, 0.25) is 0 Å². The smallest absolute Gasteiger partial charge is 0.252 e. The summed E-state index contributed by atoms with van der Waals surface area (Å²) in [5.74, 6) is -0.889. The molecule has 106 valence electrons. The SMILES string of the molecule is CC(C)(N)CNC(=O)c1cc(=O)[nH]c2cc(F)ccc12. The van der Waals surface area contributed by atoms with E-state index in [1.165, 1.54) is 24.3 Å². The van der Waals surface area contributed by atoms with Crippen LogP contribution in [0.15, 0.2) is 29.1 Å². The summed E-state index contributed by atoms with van der Waals surface area (Å²) in [6.07, 6.45) is 0. The molecule has 0 bridgehead atoms. The van der Waals surface area contributed by atoms with Crippen LogP contribution in [0, 0.1) is 5.82 Å². The zero-order valence-electron chi connectivity index (χ0n) is 11.3. The Labute approximate surface area is 115 Å². The van der Waals surface area contributed by atoms with Gasteiger partial charge in [-0.2, -0.15) is 0 Å². The Morgan fingerprint density at radius 2 is 2.10 bits per heavy atom. The number of rotatable bonds is 3. The molecule has 5 nitrogen and oxygen atoms in total. The van der Waals surface area contributed by atoms with Crippen molar-refractivity contribution in [3.8, 4) is 0 Å². The monoisotopic (exact) mass is 277 g/mol. The topological polar surface area (TPSA) is 88.0 Å². The Bertz CT molecular complexity index is 716. The second kappa shape index (κ2) is 5.05. The molecule has 0 unspecified atom stereocenters. The number of benzene rings is 1. The van der Waals surface area contributed by atoms with E-state index in [9.17, 15) is 14.0 Å². The van der Waals surface area contributed by atoms with Crippen molar-refractivity contribution in [3.63, 3.8) is 0 Å². The standard InChI is InChI=1S/C14H16FN3O2/c1-14(2,16)7-17-13(20)10-6-12(19)18-11-5-8(15)3-4-9(10)11/h3-6H,7,16H2,1-2H3,(H,17,20)(H,18,19). The number of pyridine rings is 1. The van der Waals surface area contributed by atoms with Gasteiger partial charge in [0.25, 0.3) is 5.91 Å². The van der Waals surface area contributed by atoms with E-state index in [2.05, 4.69) is 10.3 Å². The first-order chi connectivity index (χ1) is 9.26. The first-order valence-electron chi connectivity index (χ1n) is 6.16. The minimum atomic E-state index is -0.557. The third-order valence-electron chi connectivity index (χ3n) is 2.75. The van der Waals surface area contributed by atoms with Crippen molar-refractivity contribution < 1.29 is 9.18 Å². The van der Waals surface area contributed by atoms with E-state index >= 15 is 0 Å². The Kier molecular flexibility index (Phi) is 3.59. The minimum Gasteiger partial charge on any atom is -0.350 e. The molecule has 0 radical (unpaired) electrons. The van der Waals surface area contributed by atoms with Crippen LogP contribution in [0.5, 0.6) is 0 Å². The van der Waals surface area contributed by atoms with Crippen molar-refractivity contribution in [3.05, 3.63) is 46.0 Å². The number of carbonyl (C=O) groups excluding carboxylic acids is 1. The van der Waals surface area contributed by atoms with Crippen LogP contribution in [0.1, 0.15) is 24.2 Å². The molecule has 1 aromatic heterocycles. The number of aromatic amines is 1. The van der Waals surface area contributed by atoms with Gasteiger partial charge in [-0.15, -0.1) is 0 Å². The molecule has 1 aromatic carbocycles. The molecule has 0 spiro atoms. The number of amides is 1. The highest BCUT2D eigenvalue weighted by Crippen LogP contribution is 2.16. The highest BCUT2D eigenvalue weighted by molar-refractivity contribution is 6.05. The summed E-state index contributed by atoms with van der Waals surface area (Å²) in [6, 6.07) is 5.08. The summed E-state index contributed by atoms with van der Waals surface area (Å²) < 4.78 is 13.2. The largest absolute Gasteiger partial charge is 0.350 e. The predicted molar refractivity (Wildman–Crippen MR) is 75.1 cm³/mol. The first kappa shape index (κ1) is 14.2. The van der Waals surface area contributed by atoms with Crippen LogP contribution in [0.4, 0.5) is 4.39 Å². The summed E-state index contributed by atoms with van der Waals surface area (Å²) in [4.78, 5) is 26.2. The molecular formula is C14H16FN3O2. The zero-order valence-corrected chi connectivity index (χ0v) is 11.3. The van der Waals surface area contributed by atoms with Gasteiger partial charge in [0, 0.05) is 23.5 Å². The molecule has 2 rings (SSSR count). The predicted octanol–water partition coefficient (Wildman–Crippen LogP) is 1.13. The summed E-state index contributed by atoms with van der Waals surface area (Å²) in [5, 5.41) is 3.15. The Morgan fingerprint density at radius 3 is 2.75 bits per heavy atom. The molecule has 0 saturated heterocycles. The van der Waals surface area contributed by atoms with E-state index in [-0.39, 0.29) is 17.6 Å². The van der Waals surface area contributed by atoms with E-state index in [4.69, 9.17) is 5.73 Å². The fourth-order valence-electron chi connectivity index (χ4n) is 1.82. The highest BCUT2D eigenvalue weighted by atomic mass is 19.1. The van der Waals surface area contributed by atoms with E-state index in [1.54, 1.807) is 13.8 Å². The fraction of sp³-hybridized carbons (Fsp3) is 0.286. The average Bonchev–Trinajstić information content (AvgIpc) is 2.33. The Hall–Kier alpha value is -2.21. The molecule has 0 aliphatic carbocycles. The second-order valence-corrected chi connectivity index (χ2v) is 5.41. The number of carbonyl (C=O) groups is 1. The number of nitrogens with two attached hydrogens (primary N) is 1. The highest BCUT2D eigenvalue weighted by Gasteiger charge is 2.16. The van der Waals surface area contributed by atoms with Gasteiger partial charge in [-0.1, -0.05) is 0 Å². The van der Waals surface area contributed by atoms with Gasteiger partial charge in [-0.25, -0.2) is 4.39 Å². The van der Waals surface area contributed by atoms with Crippen molar-refractivity contribution in [2.24, 2.45) is 5.73 Å². The number of halogens is 1. The maximum Gasteiger partial charge on any atom is 0.252 e. The van der Waals surface area contributed by atoms with Crippen molar-refractivity contribution in [1.29, 1.82) is 0 Å². The van der Waals surface area contributed by atoms with Gasteiger partial charge in [0.05, 0.1) is 11.1 Å². The summed E-state index contributed by atoms with van der Waals surface area (Å²) in [6.45, 7) is 3.82.